The molecule has 0 spiro atoms. The molecule has 0 aliphatic heterocycles. The zero-order chi connectivity index (χ0) is 13.1. The van der Waals surface area contributed by atoms with Gasteiger partial charge in [0.15, 0.2) is 0 Å². The van der Waals surface area contributed by atoms with Gasteiger partial charge in [-0.05, 0) is 6.42 Å². The van der Waals surface area contributed by atoms with Gasteiger partial charge in [-0.3, -0.25) is 14.4 Å². The molecule has 0 rings (SSSR count). The largest absolute Gasteiger partial charge is 0.463 e. The standard InChI is InChI=1S/C10H14N2O5/c1-2-3-8(11-7-13)6-17-10(15)5-4-9(14)12-16/h2,7-8H,1,3-6H2,(H,11,13)/t8-/m1/s1. The summed E-state index contributed by atoms with van der Waals surface area (Å²) in [5.41, 5.74) is 0. The Morgan fingerprint density at radius 2 is 2.12 bits per heavy atom. The molecular weight excluding hydrogens is 228 g/mol. The predicted octanol–water partition coefficient (Wildman–Crippen LogP) is 0.293. The number of nitrogens with zero attached hydrogens (tertiary/aromatic N) is 1. The van der Waals surface area contributed by atoms with E-state index in [9.17, 15) is 19.3 Å². The van der Waals surface area contributed by atoms with Gasteiger partial charge in [-0.2, -0.15) is 0 Å². The number of hydrogen-bond acceptors (Lipinski definition) is 5. The van der Waals surface area contributed by atoms with Crippen molar-refractivity contribution in [2.45, 2.75) is 25.3 Å². The second kappa shape index (κ2) is 9.20. The molecule has 7 nitrogen and oxygen atoms in total. The molecule has 0 saturated carbocycles. The number of ether oxygens (including phenoxy) is 1. The highest BCUT2D eigenvalue weighted by Crippen LogP contribution is 1.98. The number of nitrogens with one attached hydrogen (secondary N) is 1. The van der Waals surface area contributed by atoms with E-state index in [1.165, 1.54) is 0 Å². The van der Waals surface area contributed by atoms with Crippen molar-refractivity contribution < 1.29 is 19.1 Å². The maximum Gasteiger partial charge on any atom is 0.306 e. The predicted molar refractivity (Wildman–Crippen MR) is 58.8 cm³/mol. The van der Waals surface area contributed by atoms with Crippen LogP contribution in [0.3, 0.4) is 0 Å². The smallest absolute Gasteiger partial charge is 0.306 e. The minimum Gasteiger partial charge on any atom is -0.463 e. The second-order valence-electron chi connectivity index (χ2n) is 3.17. The van der Waals surface area contributed by atoms with Crippen LogP contribution in [0.25, 0.3) is 0 Å². The lowest BCUT2D eigenvalue weighted by Gasteiger charge is -2.13. The Balaban J connectivity index is 3.86. The van der Waals surface area contributed by atoms with Crippen molar-refractivity contribution >= 4 is 18.3 Å². The third-order valence-corrected chi connectivity index (χ3v) is 1.85. The third-order valence-electron chi connectivity index (χ3n) is 1.85. The fraction of sp³-hybridized carbons (Fsp3) is 0.500. The Bertz CT molecular complexity index is 293. The topological polar surface area (TPSA) is 102 Å². The van der Waals surface area contributed by atoms with Crippen LogP contribution in [0.5, 0.6) is 0 Å². The van der Waals surface area contributed by atoms with Crippen molar-refractivity contribution in [3.8, 4) is 0 Å². The van der Waals surface area contributed by atoms with Crippen molar-refractivity contribution in [1.29, 1.82) is 0 Å². The molecule has 1 atom stereocenters. The van der Waals surface area contributed by atoms with Crippen LogP contribution in [0.1, 0.15) is 19.3 Å². The van der Waals surface area contributed by atoms with Crippen LogP contribution in [-0.2, 0) is 19.1 Å². The number of carbonyl (C=O) groups excluding carboxylic acids is 3. The molecule has 0 unspecified atom stereocenters. The molecule has 1 N–H and O–H groups in total. The average molecular weight is 242 g/mol. The van der Waals surface area contributed by atoms with E-state index in [0.29, 0.717) is 12.8 Å². The Labute approximate surface area is 98.2 Å². The number of amides is 2. The summed E-state index contributed by atoms with van der Waals surface area (Å²) < 4.78 is 4.80. The van der Waals surface area contributed by atoms with E-state index < -0.39 is 11.9 Å². The van der Waals surface area contributed by atoms with E-state index in [4.69, 9.17) is 4.74 Å². The fourth-order valence-electron chi connectivity index (χ4n) is 1.00. The Kier molecular flexibility index (Phi) is 8.09. The molecule has 94 valence electrons. The van der Waals surface area contributed by atoms with E-state index >= 15 is 0 Å². The van der Waals surface area contributed by atoms with E-state index in [-0.39, 0.29) is 25.5 Å². The lowest BCUT2D eigenvalue weighted by Crippen LogP contribution is -2.32. The van der Waals surface area contributed by atoms with Crippen LogP contribution in [0.4, 0.5) is 0 Å². The Morgan fingerprint density at radius 3 is 2.65 bits per heavy atom. The molecule has 0 radical (unpaired) electrons. The summed E-state index contributed by atoms with van der Waals surface area (Å²) >= 11 is 0. The summed E-state index contributed by atoms with van der Waals surface area (Å²) in [7, 11) is 0. The van der Waals surface area contributed by atoms with Crippen LogP contribution >= 0.6 is 0 Å². The van der Waals surface area contributed by atoms with Crippen molar-refractivity contribution in [1.82, 2.24) is 5.32 Å². The summed E-state index contributed by atoms with van der Waals surface area (Å²) in [4.78, 5) is 41.6. The molecule has 0 aliphatic carbocycles. The van der Waals surface area contributed by atoms with Gasteiger partial charge in [-0.15, -0.1) is 11.5 Å². The van der Waals surface area contributed by atoms with Crippen LogP contribution in [-0.4, -0.2) is 30.9 Å². The van der Waals surface area contributed by atoms with Gasteiger partial charge in [0.2, 0.25) is 6.41 Å². The molecule has 0 saturated heterocycles. The number of nitroso groups, excluding NO2 is 1. The quantitative estimate of drug-likeness (QED) is 0.271. The summed E-state index contributed by atoms with van der Waals surface area (Å²) in [6.45, 7) is 3.48. The summed E-state index contributed by atoms with van der Waals surface area (Å²) in [5.74, 6) is -1.51. The summed E-state index contributed by atoms with van der Waals surface area (Å²) in [6.07, 6.45) is 2.07. The molecule has 0 bridgehead atoms. The highest BCUT2D eigenvalue weighted by molar-refractivity contribution is 5.81. The molecule has 0 fully saturated rings. The molecule has 0 aromatic heterocycles. The summed E-state index contributed by atoms with van der Waals surface area (Å²) in [5, 5.41) is 4.60. The van der Waals surface area contributed by atoms with E-state index in [2.05, 4.69) is 17.1 Å². The Morgan fingerprint density at radius 1 is 1.41 bits per heavy atom. The molecule has 7 heteroatoms. The first-order chi connectivity index (χ1) is 8.13. The minimum absolute atomic E-state index is 0.00764. The van der Waals surface area contributed by atoms with Gasteiger partial charge in [0.05, 0.1) is 12.5 Å². The molecule has 2 amide bonds. The maximum atomic E-state index is 11.1. The number of esters is 1. The highest BCUT2D eigenvalue weighted by Gasteiger charge is 2.11. The van der Waals surface area contributed by atoms with Crippen LogP contribution < -0.4 is 5.32 Å². The molecule has 17 heavy (non-hydrogen) atoms. The highest BCUT2D eigenvalue weighted by atomic mass is 16.5. The lowest BCUT2D eigenvalue weighted by molar-refractivity contribution is -0.145. The third kappa shape index (κ3) is 7.83. The number of carbonyl (C=O) groups is 3. The number of hydrogen-bond donors (Lipinski definition) is 1. The van der Waals surface area contributed by atoms with Gasteiger partial charge in [0.25, 0.3) is 5.91 Å². The van der Waals surface area contributed by atoms with Crippen molar-refractivity contribution in [3.63, 3.8) is 0 Å². The molecule has 0 aromatic carbocycles. The van der Waals surface area contributed by atoms with Gasteiger partial charge >= 0.3 is 5.97 Å². The van der Waals surface area contributed by atoms with Crippen LogP contribution in [0.15, 0.2) is 17.8 Å². The second-order valence-corrected chi connectivity index (χ2v) is 3.17. The van der Waals surface area contributed by atoms with Gasteiger partial charge in [-0.25, -0.2) is 0 Å². The molecule has 0 aliphatic rings. The Hall–Kier alpha value is -2.05. The minimum atomic E-state index is -0.893. The molecular formula is C10H14N2O5. The van der Waals surface area contributed by atoms with E-state index in [0.717, 1.165) is 0 Å². The van der Waals surface area contributed by atoms with Crippen LogP contribution in [0, 0.1) is 4.91 Å². The maximum absolute atomic E-state index is 11.1. The SMILES string of the molecule is C=CC[C@H](COC(=O)CCC(=O)N=O)NC=O. The van der Waals surface area contributed by atoms with Crippen molar-refractivity contribution in [2.24, 2.45) is 5.18 Å². The van der Waals surface area contributed by atoms with E-state index in [1.807, 2.05) is 0 Å². The monoisotopic (exact) mass is 242 g/mol. The lowest BCUT2D eigenvalue weighted by atomic mass is 10.2. The fourth-order valence-corrected chi connectivity index (χ4v) is 1.00. The number of rotatable bonds is 9. The van der Waals surface area contributed by atoms with Gasteiger partial charge in [0, 0.05) is 11.6 Å². The zero-order valence-corrected chi connectivity index (χ0v) is 9.26. The zero-order valence-electron chi connectivity index (χ0n) is 9.26. The first kappa shape index (κ1) is 14.9. The average Bonchev–Trinajstić information content (AvgIpc) is 2.33. The first-order valence-corrected chi connectivity index (χ1v) is 4.96. The first-order valence-electron chi connectivity index (χ1n) is 4.96. The van der Waals surface area contributed by atoms with Crippen molar-refractivity contribution in [3.05, 3.63) is 17.6 Å². The summed E-state index contributed by atoms with van der Waals surface area (Å²) in [6, 6.07) is -0.339. The van der Waals surface area contributed by atoms with Gasteiger partial charge in [-0.1, -0.05) is 6.08 Å². The molecule has 0 heterocycles. The molecule has 0 aromatic rings. The van der Waals surface area contributed by atoms with E-state index in [1.54, 1.807) is 6.08 Å². The van der Waals surface area contributed by atoms with Crippen LogP contribution in [0.2, 0.25) is 0 Å². The van der Waals surface area contributed by atoms with Gasteiger partial charge in [0.1, 0.15) is 6.61 Å². The normalized spacial score (nSPS) is 11.1. The van der Waals surface area contributed by atoms with Gasteiger partial charge < -0.3 is 10.1 Å². The van der Waals surface area contributed by atoms with Crippen molar-refractivity contribution in [2.75, 3.05) is 6.61 Å².